The van der Waals surface area contributed by atoms with Crippen molar-refractivity contribution in [2.45, 2.75) is 20.8 Å². The molecule has 0 saturated carbocycles. The molecule has 1 aromatic heterocycles. The average molecular weight is 382 g/mol. The highest BCUT2D eigenvalue weighted by Crippen LogP contribution is 2.28. The number of hydrogen-bond acceptors (Lipinski definition) is 3. The fraction of sp³-hybridized carbons (Fsp3) is 0.143. The molecule has 1 N–H and O–H groups in total. The van der Waals surface area contributed by atoms with Crippen LogP contribution in [-0.4, -0.2) is 21.9 Å². The molecule has 0 spiro atoms. The van der Waals surface area contributed by atoms with Crippen molar-refractivity contribution in [2.75, 3.05) is 0 Å². The summed E-state index contributed by atoms with van der Waals surface area (Å²) in [7, 11) is 0. The Morgan fingerprint density at radius 3 is 2.52 bits per heavy atom. The van der Waals surface area contributed by atoms with Crippen LogP contribution in [-0.2, 0) is 0 Å². The van der Waals surface area contributed by atoms with E-state index in [4.69, 9.17) is 16.7 Å². The summed E-state index contributed by atoms with van der Waals surface area (Å²) in [5.74, 6) is -1.18. The van der Waals surface area contributed by atoms with Crippen molar-refractivity contribution in [3.63, 3.8) is 0 Å². The van der Waals surface area contributed by atoms with Crippen molar-refractivity contribution in [1.82, 2.24) is 4.57 Å². The average Bonchev–Trinajstić information content (AvgIpc) is 2.88. The molecule has 0 atom stereocenters. The Kier molecular flexibility index (Phi) is 5.06. The highest BCUT2D eigenvalue weighted by Gasteiger charge is 2.13. The van der Waals surface area contributed by atoms with Crippen LogP contribution in [0.3, 0.4) is 0 Å². The van der Waals surface area contributed by atoms with E-state index in [2.05, 4.69) is 4.99 Å². The summed E-state index contributed by atoms with van der Waals surface area (Å²) in [6.45, 7) is 5.81. The Labute approximate surface area is 162 Å². The molecule has 0 radical (unpaired) electrons. The molecule has 0 aliphatic carbocycles. The summed E-state index contributed by atoms with van der Waals surface area (Å²) in [6, 6.07) is 11.6. The van der Waals surface area contributed by atoms with E-state index in [-0.39, 0.29) is 11.3 Å². The zero-order valence-corrected chi connectivity index (χ0v) is 15.9. The lowest BCUT2D eigenvalue weighted by Crippen LogP contribution is -2.04. The van der Waals surface area contributed by atoms with E-state index in [0.717, 1.165) is 28.2 Å². The van der Waals surface area contributed by atoms with Gasteiger partial charge in [-0.1, -0.05) is 17.4 Å². The fourth-order valence-electron chi connectivity index (χ4n) is 3.06. The van der Waals surface area contributed by atoms with Gasteiger partial charge in [-0.3, -0.25) is 4.99 Å². The van der Waals surface area contributed by atoms with Crippen molar-refractivity contribution in [1.29, 1.82) is 0 Å². The summed E-state index contributed by atoms with van der Waals surface area (Å²) >= 11 is 5.80. The molecule has 3 rings (SSSR count). The third kappa shape index (κ3) is 3.73. The SMILES string of the molecule is Cc1cc(C(=O)O)ccc1-n1c(C)cc(C=Nc2ccc(Cl)cc2[O-])c1C. The standard InChI is InChI=1S/C21H19ClN2O3/c1-12-8-15(21(26)27)4-7-19(12)24-13(2)9-16(14(24)3)11-23-18-6-5-17(22)10-20(18)25/h4-11,25H,1-3H3,(H,26,27)/p-1. The van der Waals surface area contributed by atoms with Crippen molar-refractivity contribution in [3.05, 3.63) is 75.6 Å². The number of aromatic carboxylic acids is 1. The molecule has 5 nitrogen and oxygen atoms in total. The molecule has 3 aromatic rings. The number of carbonyl (C=O) groups is 1. The first-order valence-corrected chi connectivity index (χ1v) is 8.69. The van der Waals surface area contributed by atoms with Gasteiger partial charge in [0.25, 0.3) is 0 Å². The van der Waals surface area contributed by atoms with E-state index in [1.807, 2.05) is 31.4 Å². The van der Waals surface area contributed by atoms with Gasteiger partial charge in [0.15, 0.2) is 0 Å². The maximum absolute atomic E-state index is 11.9. The third-order valence-electron chi connectivity index (χ3n) is 4.42. The van der Waals surface area contributed by atoms with Crippen molar-refractivity contribution in [2.24, 2.45) is 4.99 Å². The number of hydrogen-bond donors (Lipinski definition) is 1. The van der Waals surface area contributed by atoms with Crippen LogP contribution in [0, 0.1) is 20.8 Å². The second kappa shape index (κ2) is 7.29. The summed E-state index contributed by atoms with van der Waals surface area (Å²) in [5.41, 5.74) is 5.16. The molecule has 0 saturated heterocycles. The minimum Gasteiger partial charge on any atom is -0.871 e. The maximum atomic E-state index is 11.9. The lowest BCUT2D eigenvalue weighted by molar-refractivity contribution is -0.267. The Hall–Kier alpha value is -3.05. The van der Waals surface area contributed by atoms with E-state index in [1.165, 1.54) is 6.07 Å². The zero-order chi connectivity index (χ0) is 19.7. The first-order valence-electron chi connectivity index (χ1n) is 8.32. The molecule has 2 aromatic carbocycles. The van der Waals surface area contributed by atoms with E-state index >= 15 is 0 Å². The largest absolute Gasteiger partial charge is 0.871 e. The smallest absolute Gasteiger partial charge is 0.335 e. The van der Waals surface area contributed by atoms with Crippen LogP contribution in [0.4, 0.5) is 5.69 Å². The van der Waals surface area contributed by atoms with Gasteiger partial charge in [0.2, 0.25) is 0 Å². The van der Waals surface area contributed by atoms with Crippen molar-refractivity contribution in [3.8, 4) is 11.4 Å². The lowest BCUT2D eigenvalue weighted by atomic mass is 10.1. The topological polar surface area (TPSA) is 77.6 Å². The minimum absolute atomic E-state index is 0.229. The number of rotatable bonds is 4. The van der Waals surface area contributed by atoms with Gasteiger partial charge < -0.3 is 14.8 Å². The Morgan fingerprint density at radius 1 is 1.15 bits per heavy atom. The van der Waals surface area contributed by atoms with Gasteiger partial charge in [-0.2, -0.15) is 0 Å². The van der Waals surface area contributed by atoms with Crippen LogP contribution in [0.25, 0.3) is 5.69 Å². The van der Waals surface area contributed by atoms with E-state index in [9.17, 15) is 9.90 Å². The highest BCUT2D eigenvalue weighted by atomic mass is 35.5. The fourth-order valence-corrected chi connectivity index (χ4v) is 3.22. The van der Waals surface area contributed by atoms with Gasteiger partial charge in [0, 0.05) is 33.9 Å². The van der Waals surface area contributed by atoms with Crippen LogP contribution in [0.15, 0.2) is 47.5 Å². The number of aromatic nitrogens is 1. The summed E-state index contributed by atoms with van der Waals surface area (Å²) < 4.78 is 2.04. The Bertz CT molecular complexity index is 1070. The van der Waals surface area contributed by atoms with Gasteiger partial charge in [-0.25, -0.2) is 4.79 Å². The molecule has 138 valence electrons. The molecule has 1 heterocycles. The number of carboxylic acids is 1. The van der Waals surface area contributed by atoms with Crippen LogP contribution >= 0.6 is 11.6 Å². The van der Waals surface area contributed by atoms with Crippen LogP contribution in [0.1, 0.15) is 32.9 Å². The molecule has 0 aliphatic rings. The zero-order valence-electron chi connectivity index (χ0n) is 15.2. The monoisotopic (exact) mass is 381 g/mol. The van der Waals surface area contributed by atoms with Crippen molar-refractivity contribution < 1.29 is 15.0 Å². The molecule has 0 fully saturated rings. The number of benzene rings is 2. The van der Waals surface area contributed by atoms with Gasteiger partial charge in [0.1, 0.15) is 0 Å². The number of halogens is 1. The summed E-state index contributed by atoms with van der Waals surface area (Å²) in [6.07, 6.45) is 1.66. The maximum Gasteiger partial charge on any atom is 0.335 e. The van der Waals surface area contributed by atoms with E-state index < -0.39 is 5.97 Å². The number of aryl methyl sites for hydroxylation is 2. The number of aliphatic imine (C=N–C) groups is 1. The van der Waals surface area contributed by atoms with Crippen LogP contribution in [0.2, 0.25) is 5.02 Å². The van der Waals surface area contributed by atoms with Gasteiger partial charge in [0.05, 0.1) is 11.3 Å². The predicted octanol–water partition coefficient (Wildman–Crippen LogP) is 4.58. The van der Waals surface area contributed by atoms with Gasteiger partial charge >= 0.3 is 5.97 Å². The minimum atomic E-state index is -0.949. The predicted molar refractivity (Wildman–Crippen MR) is 105 cm³/mol. The molecule has 27 heavy (non-hydrogen) atoms. The molecule has 0 unspecified atom stereocenters. The van der Waals surface area contributed by atoms with E-state index in [0.29, 0.717) is 10.7 Å². The van der Waals surface area contributed by atoms with E-state index in [1.54, 1.807) is 36.5 Å². The lowest BCUT2D eigenvalue weighted by Gasteiger charge is -2.13. The summed E-state index contributed by atoms with van der Waals surface area (Å²) in [4.78, 5) is 15.4. The van der Waals surface area contributed by atoms with Gasteiger partial charge in [-0.05, 0) is 68.8 Å². The Balaban J connectivity index is 2.00. The second-order valence-corrected chi connectivity index (χ2v) is 6.77. The first-order chi connectivity index (χ1) is 12.8. The summed E-state index contributed by atoms with van der Waals surface area (Å²) in [5, 5.41) is 21.5. The van der Waals surface area contributed by atoms with Crippen LogP contribution < -0.4 is 5.11 Å². The highest BCUT2D eigenvalue weighted by molar-refractivity contribution is 6.30. The molecular weight excluding hydrogens is 364 g/mol. The quantitative estimate of drug-likeness (QED) is 0.672. The molecule has 0 aliphatic heterocycles. The third-order valence-corrected chi connectivity index (χ3v) is 4.65. The van der Waals surface area contributed by atoms with Crippen LogP contribution in [0.5, 0.6) is 5.75 Å². The Morgan fingerprint density at radius 2 is 1.89 bits per heavy atom. The molecule has 0 bridgehead atoms. The number of carboxylic acid groups (broad SMARTS) is 1. The van der Waals surface area contributed by atoms with Crippen molar-refractivity contribution >= 4 is 29.5 Å². The normalized spacial score (nSPS) is 11.3. The second-order valence-electron chi connectivity index (χ2n) is 6.34. The number of nitrogens with zero attached hydrogens (tertiary/aromatic N) is 2. The van der Waals surface area contributed by atoms with Gasteiger partial charge in [-0.15, -0.1) is 0 Å². The molecule has 0 amide bonds. The molecular formula is C21H18ClN2O3-. The first kappa shape index (κ1) is 18.7. The molecule has 6 heteroatoms.